The minimum atomic E-state index is -0.102. The first kappa shape index (κ1) is 24.2. The molecule has 5 nitrogen and oxygen atoms in total. The summed E-state index contributed by atoms with van der Waals surface area (Å²) in [6.45, 7) is 1.12. The van der Waals surface area contributed by atoms with E-state index in [4.69, 9.17) is 17.3 Å². The standard InChI is InChI=1S/C25H27ClN4O.ClH/c26-21-9-4-8-20(16-21)25(18-27)13-11-22(12-14-25)30(17-19-6-2-1-3-7-19)24(31)23-10-5-15-28-29-23;/h1-10,15-16,22H,11-14,17-18,27H2;1H/t22-,25+;. The second kappa shape index (κ2) is 10.9. The van der Waals surface area contributed by atoms with Crippen LogP contribution in [0.4, 0.5) is 0 Å². The van der Waals surface area contributed by atoms with E-state index < -0.39 is 0 Å². The molecule has 0 bridgehead atoms. The molecular weight excluding hydrogens is 443 g/mol. The van der Waals surface area contributed by atoms with Gasteiger partial charge in [-0.25, -0.2) is 0 Å². The van der Waals surface area contributed by atoms with Crippen molar-refractivity contribution in [3.63, 3.8) is 0 Å². The Hall–Kier alpha value is -2.47. The highest BCUT2D eigenvalue weighted by Gasteiger charge is 2.39. The molecule has 1 amide bonds. The summed E-state index contributed by atoms with van der Waals surface area (Å²) in [6, 6.07) is 21.7. The smallest absolute Gasteiger partial charge is 0.274 e. The monoisotopic (exact) mass is 470 g/mol. The van der Waals surface area contributed by atoms with Gasteiger partial charge in [0, 0.05) is 35.8 Å². The second-order valence-corrected chi connectivity index (χ2v) is 8.69. The SMILES string of the molecule is Cl.NC[C@]1(c2cccc(Cl)c2)CC[C@@H](N(Cc2ccccc2)C(=O)c2cccnn2)CC1. The molecule has 7 heteroatoms. The third kappa shape index (κ3) is 5.29. The van der Waals surface area contributed by atoms with Crippen molar-refractivity contribution in [3.05, 3.63) is 94.8 Å². The van der Waals surface area contributed by atoms with Gasteiger partial charge < -0.3 is 10.6 Å². The number of nitrogens with two attached hydrogens (primary N) is 1. The number of halogens is 2. The van der Waals surface area contributed by atoms with Crippen LogP contribution < -0.4 is 5.73 Å². The van der Waals surface area contributed by atoms with Crippen molar-refractivity contribution in [1.82, 2.24) is 15.1 Å². The molecule has 168 valence electrons. The number of amides is 1. The van der Waals surface area contributed by atoms with E-state index in [2.05, 4.69) is 28.4 Å². The van der Waals surface area contributed by atoms with Gasteiger partial charge in [-0.05, 0) is 61.1 Å². The van der Waals surface area contributed by atoms with Crippen LogP contribution in [0, 0.1) is 0 Å². The molecule has 1 saturated carbocycles. The van der Waals surface area contributed by atoms with Crippen molar-refractivity contribution in [2.24, 2.45) is 5.73 Å². The van der Waals surface area contributed by atoms with Gasteiger partial charge in [0.15, 0.2) is 5.69 Å². The summed E-state index contributed by atoms with van der Waals surface area (Å²) in [5, 5.41) is 8.69. The normalized spacial score (nSPS) is 20.2. The average Bonchev–Trinajstić information content (AvgIpc) is 2.83. The van der Waals surface area contributed by atoms with Gasteiger partial charge >= 0.3 is 0 Å². The number of hydrogen-bond acceptors (Lipinski definition) is 4. The molecule has 0 spiro atoms. The Morgan fingerprint density at radius 1 is 1.06 bits per heavy atom. The molecule has 1 aliphatic rings. The highest BCUT2D eigenvalue weighted by atomic mass is 35.5. The van der Waals surface area contributed by atoms with E-state index in [0.717, 1.165) is 36.3 Å². The number of benzene rings is 2. The molecule has 4 rings (SSSR count). The van der Waals surface area contributed by atoms with Crippen molar-refractivity contribution in [3.8, 4) is 0 Å². The van der Waals surface area contributed by atoms with Crippen LogP contribution >= 0.6 is 24.0 Å². The van der Waals surface area contributed by atoms with E-state index in [1.807, 2.05) is 41.3 Å². The van der Waals surface area contributed by atoms with Crippen molar-refractivity contribution < 1.29 is 4.79 Å². The third-order valence-corrected chi connectivity index (χ3v) is 6.66. The van der Waals surface area contributed by atoms with Gasteiger partial charge in [-0.3, -0.25) is 4.79 Å². The quantitative estimate of drug-likeness (QED) is 0.547. The number of carbonyl (C=O) groups is 1. The lowest BCUT2D eigenvalue weighted by Gasteiger charge is -2.43. The summed E-state index contributed by atoms with van der Waals surface area (Å²) in [5.41, 5.74) is 8.84. The predicted molar refractivity (Wildman–Crippen MR) is 130 cm³/mol. The summed E-state index contributed by atoms with van der Waals surface area (Å²) >= 11 is 6.26. The fraction of sp³-hybridized carbons (Fsp3) is 0.320. The topological polar surface area (TPSA) is 72.1 Å². The first-order valence-electron chi connectivity index (χ1n) is 10.7. The third-order valence-electron chi connectivity index (χ3n) is 6.43. The molecule has 0 aliphatic heterocycles. The summed E-state index contributed by atoms with van der Waals surface area (Å²) in [5.74, 6) is -0.0787. The molecule has 32 heavy (non-hydrogen) atoms. The van der Waals surface area contributed by atoms with Crippen LogP contribution in [0.3, 0.4) is 0 Å². The number of rotatable bonds is 6. The zero-order valence-electron chi connectivity index (χ0n) is 17.9. The Kier molecular flexibility index (Phi) is 8.24. The molecule has 1 aliphatic carbocycles. The minimum Gasteiger partial charge on any atom is -0.330 e. The Bertz CT molecular complexity index is 1010. The zero-order valence-corrected chi connectivity index (χ0v) is 19.4. The highest BCUT2D eigenvalue weighted by Crippen LogP contribution is 2.41. The Balaban J connectivity index is 0.00000289. The Labute approximate surface area is 200 Å². The summed E-state index contributed by atoms with van der Waals surface area (Å²) < 4.78 is 0. The van der Waals surface area contributed by atoms with Gasteiger partial charge in [-0.15, -0.1) is 17.5 Å². The largest absolute Gasteiger partial charge is 0.330 e. The summed E-state index contributed by atoms with van der Waals surface area (Å²) in [7, 11) is 0. The number of hydrogen-bond donors (Lipinski definition) is 1. The second-order valence-electron chi connectivity index (χ2n) is 8.25. The van der Waals surface area contributed by atoms with E-state index in [1.165, 1.54) is 5.56 Å². The van der Waals surface area contributed by atoms with Crippen molar-refractivity contribution in [1.29, 1.82) is 0 Å². The molecule has 0 unspecified atom stereocenters. The van der Waals surface area contributed by atoms with E-state index in [0.29, 0.717) is 18.8 Å². The van der Waals surface area contributed by atoms with Crippen LogP contribution in [0.1, 0.15) is 47.3 Å². The van der Waals surface area contributed by atoms with Gasteiger partial charge in [0.1, 0.15) is 0 Å². The number of nitrogens with zero attached hydrogens (tertiary/aromatic N) is 3. The molecule has 0 atom stereocenters. The van der Waals surface area contributed by atoms with Gasteiger partial charge in [-0.1, -0.05) is 54.1 Å². The van der Waals surface area contributed by atoms with Crippen LogP contribution in [-0.4, -0.2) is 33.6 Å². The molecule has 1 heterocycles. The number of carbonyl (C=O) groups excluding carboxylic acids is 1. The predicted octanol–water partition coefficient (Wildman–Crippen LogP) is 5.03. The molecule has 2 aromatic carbocycles. The molecule has 1 fully saturated rings. The van der Waals surface area contributed by atoms with E-state index in [-0.39, 0.29) is 29.8 Å². The van der Waals surface area contributed by atoms with Crippen LogP contribution in [-0.2, 0) is 12.0 Å². The summed E-state index contributed by atoms with van der Waals surface area (Å²) in [6.07, 6.45) is 5.16. The lowest BCUT2D eigenvalue weighted by molar-refractivity contribution is 0.0565. The molecule has 1 aromatic heterocycles. The molecule has 0 saturated heterocycles. The lowest BCUT2D eigenvalue weighted by Crippen LogP contribution is -2.47. The lowest BCUT2D eigenvalue weighted by atomic mass is 9.68. The van der Waals surface area contributed by atoms with Gasteiger partial charge in [0.2, 0.25) is 0 Å². The van der Waals surface area contributed by atoms with Crippen LogP contribution in [0.25, 0.3) is 0 Å². The average molecular weight is 471 g/mol. The highest BCUT2D eigenvalue weighted by molar-refractivity contribution is 6.30. The molecule has 2 N–H and O–H groups in total. The number of aromatic nitrogens is 2. The first-order valence-corrected chi connectivity index (χ1v) is 11.1. The van der Waals surface area contributed by atoms with Crippen molar-refractivity contribution >= 4 is 29.9 Å². The van der Waals surface area contributed by atoms with Crippen molar-refractivity contribution in [2.45, 2.75) is 43.7 Å². The van der Waals surface area contributed by atoms with Gasteiger partial charge in [0.25, 0.3) is 5.91 Å². The molecule has 3 aromatic rings. The van der Waals surface area contributed by atoms with E-state index >= 15 is 0 Å². The summed E-state index contributed by atoms with van der Waals surface area (Å²) in [4.78, 5) is 15.3. The zero-order chi connectivity index (χ0) is 21.7. The van der Waals surface area contributed by atoms with Gasteiger partial charge in [-0.2, -0.15) is 5.10 Å². The fourth-order valence-electron chi connectivity index (χ4n) is 4.61. The fourth-order valence-corrected chi connectivity index (χ4v) is 4.80. The van der Waals surface area contributed by atoms with Gasteiger partial charge in [0.05, 0.1) is 0 Å². The first-order chi connectivity index (χ1) is 15.1. The molecular formula is C25H28Cl2N4O. The maximum Gasteiger partial charge on any atom is 0.274 e. The van der Waals surface area contributed by atoms with Crippen LogP contribution in [0.5, 0.6) is 0 Å². The maximum absolute atomic E-state index is 13.4. The Morgan fingerprint density at radius 3 is 2.44 bits per heavy atom. The van der Waals surface area contributed by atoms with Crippen LogP contribution in [0.15, 0.2) is 72.9 Å². The maximum atomic E-state index is 13.4. The van der Waals surface area contributed by atoms with Crippen LogP contribution in [0.2, 0.25) is 5.02 Å². The van der Waals surface area contributed by atoms with E-state index in [9.17, 15) is 4.79 Å². The van der Waals surface area contributed by atoms with E-state index in [1.54, 1.807) is 18.3 Å². The van der Waals surface area contributed by atoms with Crippen molar-refractivity contribution in [2.75, 3.05) is 6.54 Å². The minimum absolute atomic E-state index is 0. The molecule has 0 radical (unpaired) electrons. The Morgan fingerprint density at radius 2 is 1.81 bits per heavy atom.